The van der Waals surface area contributed by atoms with Crippen molar-refractivity contribution in [3.05, 3.63) is 36.0 Å². The smallest absolute Gasteiger partial charge is 1.00 e. The third-order valence-corrected chi connectivity index (χ3v) is 7.95. The molecule has 0 amide bonds. The Balaban J connectivity index is 0.00000208. The van der Waals surface area contributed by atoms with E-state index in [4.69, 9.17) is 4.10 Å². The minimum absolute atomic E-state index is 0. The third-order valence-electron chi connectivity index (χ3n) is 5.95. The molecule has 2 fully saturated rings. The maximum Gasteiger partial charge on any atom is 1.00 e. The summed E-state index contributed by atoms with van der Waals surface area (Å²) < 4.78 is 31.2. The Bertz CT molecular complexity index is 737. The number of Topliss-reactive ketones (excluding diaryl/α,β-unsaturated/α-hetero) is 1. The number of allylic oxidation sites excluding steroid dienone is 1. The van der Waals surface area contributed by atoms with Gasteiger partial charge in [0, 0.05) is 0 Å². The third kappa shape index (κ3) is 3.00. The fourth-order valence-electron chi connectivity index (χ4n) is 4.00. The molecule has 2 aliphatic rings. The second-order valence-corrected chi connectivity index (χ2v) is 10.6. The van der Waals surface area contributed by atoms with Gasteiger partial charge in [-0.3, -0.25) is 0 Å². The molecule has 2 aliphatic carbocycles. The van der Waals surface area contributed by atoms with Crippen LogP contribution < -0.4 is 43.3 Å². The average molecular weight is 401 g/mol. The zero-order valence-electron chi connectivity index (χ0n) is 14.5. The van der Waals surface area contributed by atoms with Gasteiger partial charge in [-0.2, -0.15) is 0 Å². The van der Waals surface area contributed by atoms with E-state index in [9.17, 15) is 12.6 Å². The number of benzene rings is 1. The van der Waals surface area contributed by atoms with Crippen molar-refractivity contribution in [1.29, 1.82) is 0 Å². The number of ketones is 1. The first-order valence-electron chi connectivity index (χ1n) is 7.73. The summed E-state index contributed by atoms with van der Waals surface area (Å²) >= 11 is -5.09. The summed E-state index contributed by atoms with van der Waals surface area (Å²) in [6.45, 7) is 6.38. The summed E-state index contributed by atoms with van der Waals surface area (Å²) in [4.78, 5) is 12.7. The summed E-state index contributed by atoms with van der Waals surface area (Å²) in [5.74, 6) is 0.472. The van der Waals surface area contributed by atoms with Gasteiger partial charge in [0.05, 0.1) is 0 Å². The van der Waals surface area contributed by atoms with Gasteiger partial charge in [0.25, 0.3) is 0 Å². The maximum absolute atomic E-state index is 12.7. The number of rotatable bonds is 3. The van der Waals surface area contributed by atoms with Crippen LogP contribution in [0.3, 0.4) is 0 Å². The predicted molar refractivity (Wildman–Crippen MR) is 86.1 cm³/mol. The fraction of sp³-hybridized carbons (Fsp3) is 0.471. The summed E-state index contributed by atoms with van der Waals surface area (Å²) in [5.41, 5.74) is 1.19. The number of anilines is 1. The molecule has 5 nitrogen and oxygen atoms in total. The van der Waals surface area contributed by atoms with Gasteiger partial charge in [-0.25, -0.2) is 0 Å². The minimum Gasteiger partial charge on any atom is 1.00 e. The predicted octanol–water partition coefficient (Wildman–Crippen LogP) is -2.06. The number of carbonyl (C=O) groups excluding carboxylic acids is 1. The molecular weight excluding hydrogens is 380 g/mol. The first-order valence-corrected chi connectivity index (χ1v) is 11.0. The van der Waals surface area contributed by atoms with Crippen molar-refractivity contribution < 1.29 is 46.3 Å². The van der Waals surface area contributed by atoms with E-state index in [1.807, 2.05) is 0 Å². The average Bonchev–Trinajstić information content (AvgIpc) is 2.77. The van der Waals surface area contributed by atoms with Crippen LogP contribution in [0.5, 0.6) is 0 Å². The van der Waals surface area contributed by atoms with Crippen LogP contribution in [0.25, 0.3) is 0 Å². The zero-order chi connectivity index (χ0) is 17.0. The van der Waals surface area contributed by atoms with Crippen LogP contribution in [0.15, 0.2) is 36.0 Å². The first kappa shape index (κ1) is 20.0. The Morgan fingerprint density at radius 1 is 1.29 bits per heavy atom. The molecule has 2 bridgehead atoms. The van der Waals surface area contributed by atoms with Gasteiger partial charge in [0.1, 0.15) is 0 Å². The standard InChI is InChI=1S/C17H22AsNO4.Na/c1-16(2)14-8-9-17(16,3)15(20)13(14)10-19-12-6-4-11(5-7-12)18(21,22)23;/h4-7,10,14,19H,8-9H2,1-3H3,(H2,21,22,23);/q;+1/p-1/b13-10+;. The van der Waals surface area contributed by atoms with Crippen molar-refractivity contribution in [2.75, 3.05) is 5.32 Å². The fourth-order valence-corrected chi connectivity index (χ4v) is 5.10. The van der Waals surface area contributed by atoms with Gasteiger partial charge in [-0.05, 0) is 0 Å². The van der Waals surface area contributed by atoms with E-state index in [1.165, 1.54) is 12.1 Å². The molecule has 1 aromatic carbocycles. The topological polar surface area (TPSA) is 89.5 Å². The molecule has 24 heavy (non-hydrogen) atoms. The molecule has 0 spiro atoms. The molecule has 0 aromatic heterocycles. The van der Waals surface area contributed by atoms with Gasteiger partial charge in [-0.1, -0.05) is 0 Å². The van der Waals surface area contributed by atoms with Crippen LogP contribution >= 0.6 is 0 Å². The van der Waals surface area contributed by atoms with E-state index >= 15 is 0 Å². The normalized spacial score (nSPS) is 31.6. The SMILES string of the molecule is CC12CCC(/C(=C\Nc3ccc([As](=O)([O-])O)cc3)C1=O)C2(C)C.[Na+]. The van der Waals surface area contributed by atoms with E-state index in [1.54, 1.807) is 18.3 Å². The molecule has 1 aromatic rings. The molecule has 0 radical (unpaired) electrons. The van der Waals surface area contributed by atoms with Crippen LogP contribution in [0.2, 0.25) is 0 Å². The zero-order valence-corrected chi connectivity index (χ0v) is 18.4. The Hall–Kier alpha value is -0.292. The molecule has 7 heteroatoms. The van der Waals surface area contributed by atoms with Crippen LogP contribution in [0.1, 0.15) is 33.6 Å². The maximum atomic E-state index is 12.7. The molecule has 124 valence electrons. The van der Waals surface area contributed by atoms with Crippen molar-refractivity contribution in [2.24, 2.45) is 16.7 Å². The molecule has 3 unspecified atom stereocenters. The molecule has 2 saturated carbocycles. The Morgan fingerprint density at radius 2 is 1.88 bits per heavy atom. The number of carbonyl (C=O) groups is 1. The molecule has 3 rings (SSSR count). The molecular formula is C17H21AsNNaO4. The monoisotopic (exact) mass is 401 g/mol. The van der Waals surface area contributed by atoms with Gasteiger partial charge < -0.3 is 0 Å². The summed E-state index contributed by atoms with van der Waals surface area (Å²) in [7, 11) is 0. The number of hydrogen-bond acceptors (Lipinski definition) is 4. The van der Waals surface area contributed by atoms with E-state index in [0.717, 1.165) is 18.4 Å². The summed E-state index contributed by atoms with van der Waals surface area (Å²) in [5, 5.41) is 3.09. The van der Waals surface area contributed by atoms with Gasteiger partial charge in [0.2, 0.25) is 0 Å². The van der Waals surface area contributed by atoms with E-state index < -0.39 is 14.2 Å². The molecule has 0 aliphatic heterocycles. The number of hydrogen-bond donors (Lipinski definition) is 2. The molecule has 0 saturated heterocycles. The molecule has 3 atom stereocenters. The van der Waals surface area contributed by atoms with Crippen LogP contribution in [-0.4, -0.2) is 24.1 Å². The van der Waals surface area contributed by atoms with E-state index in [0.29, 0.717) is 5.69 Å². The Kier molecular flexibility index (Phi) is 5.39. The van der Waals surface area contributed by atoms with Crippen molar-refractivity contribution in [3.63, 3.8) is 0 Å². The van der Waals surface area contributed by atoms with Crippen molar-refractivity contribution in [3.8, 4) is 0 Å². The quantitative estimate of drug-likeness (QED) is 0.449. The van der Waals surface area contributed by atoms with Gasteiger partial charge in [0.15, 0.2) is 0 Å². The van der Waals surface area contributed by atoms with Crippen LogP contribution in [0.4, 0.5) is 5.69 Å². The van der Waals surface area contributed by atoms with Gasteiger partial charge >= 0.3 is 168 Å². The van der Waals surface area contributed by atoms with E-state index in [2.05, 4.69) is 26.1 Å². The van der Waals surface area contributed by atoms with Crippen molar-refractivity contribution in [1.82, 2.24) is 0 Å². The second-order valence-electron chi connectivity index (χ2n) is 7.29. The minimum atomic E-state index is -5.09. The van der Waals surface area contributed by atoms with Gasteiger partial charge in [-0.15, -0.1) is 0 Å². The van der Waals surface area contributed by atoms with Crippen LogP contribution in [-0.2, 0) is 8.53 Å². The van der Waals surface area contributed by atoms with Crippen molar-refractivity contribution >= 4 is 30.0 Å². The largest absolute Gasteiger partial charge is 1.00 e. The van der Waals surface area contributed by atoms with Crippen molar-refractivity contribution in [2.45, 2.75) is 33.6 Å². The Labute approximate surface area is 167 Å². The summed E-state index contributed by atoms with van der Waals surface area (Å²) in [6.07, 6.45) is 3.72. The Morgan fingerprint density at radius 3 is 2.33 bits per heavy atom. The first-order chi connectivity index (χ1) is 10.6. The van der Waals surface area contributed by atoms with Crippen LogP contribution in [0, 0.1) is 16.7 Å². The molecule has 0 heterocycles. The molecule has 2 N–H and O–H groups in total. The number of fused-ring (bicyclic) bond motifs is 2. The number of nitrogens with one attached hydrogen (secondary N) is 1. The van der Waals surface area contributed by atoms with E-state index in [-0.39, 0.29) is 56.4 Å². The second kappa shape index (κ2) is 6.46. The summed E-state index contributed by atoms with van der Waals surface area (Å²) in [6, 6.07) is 5.89.